The van der Waals surface area contributed by atoms with E-state index in [1.165, 1.54) is 7.11 Å². The van der Waals surface area contributed by atoms with Gasteiger partial charge in [0.1, 0.15) is 0 Å². The van der Waals surface area contributed by atoms with Crippen LogP contribution >= 0.6 is 0 Å². The average Bonchev–Trinajstić information content (AvgIpc) is 2.38. The molecule has 1 aliphatic rings. The summed E-state index contributed by atoms with van der Waals surface area (Å²) >= 11 is 0. The number of allylic oxidation sites excluding steroid dienone is 2. The van der Waals surface area contributed by atoms with E-state index >= 15 is 0 Å². The topological polar surface area (TPSA) is 81.4 Å². The van der Waals surface area contributed by atoms with E-state index in [1.807, 2.05) is 12.2 Å². The lowest BCUT2D eigenvalue weighted by Crippen LogP contribution is -2.39. The van der Waals surface area contributed by atoms with Gasteiger partial charge in [0.15, 0.2) is 0 Å². The van der Waals surface area contributed by atoms with Crippen molar-refractivity contribution in [1.82, 2.24) is 5.32 Å². The second kappa shape index (κ2) is 7.06. The lowest BCUT2D eigenvalue weighted by molar-refractivity contribution is -0.150. The summed E-state index contributed by atoms with van der Waals surface area (Å²) in [5, 5.41) is 2.80. The first-order chi connectivity index (χ1) is 8.20. The molecule has 17 heavy (non-hydrogen) atoms. The zero-order valence-electron chi connectivity index (χ0n) is 10.1. The molecule has 5 heteroatoms. The summed E-state index contributed by atoms with van der Waals surface area (Å²) in [5.74, 6) is -1.07. The van der Waals surface area contributed by atoms with Gasteiger partial charge in [-0.15, -0.1) is 0 Å². The summed E-state index contributed by atoms with van der Waals surface area (Å²) in [6, 6.07) is 0. The molecule has 0 aromatic heterocycles. The van der Waals surface area contributed by atoms with Crippen molar-refractivity contribution in [1.29, 1.82) is 0 Å². The zero-order chi connectivity index (χ0) is 12.7. The smallest absolute Gasteiger partial charge is 0.309 e. The van der Waals surface area contributed by atoms with E-state index in [9.17, 15) is 9.59 Å². The van der Waals surface area contributed by atoms with Crippen molar-refractivity contribution in [2.45, 2.75) is 19.3 Å². The van der Waals surface area contributed by atoms with E-state index in [2.05, 4.69) is 5.32 Å². The molecule has 0 bridgehead atoms. The minimum atomic E-state index is -0.358. The van der Waals surface area contributed by atoms with Crippen molar-refractivity contribution in [3.8, 4) is 0 Å². The minimum Gasteiger partial charge on any atom is -0.469 e. The SMILES string of the molecule is COC(=O)[C@@H]1CC=CC[C@@H]1C(=O)NCCCN. The van der Waals surface area contributed by atoms with Crippen molar-refractivity contribution in [3.05, 3.63) is 12.2 Å². The van der Waals surface area contributed by atoms with Crippen LogP contribution in [0.25, 0.3) is 0 Å². The van der Waals surface area contributed by atoms with Gasteiger partial charge in [-0.1, -0.05) is 12.2 Å². The van der Waals surface area contributed by atoms with Crippen LogP contribution in [0.4, 0.5) is 0 Å². The summed E-state index contributed by atoms with van der Waals surface area (Å²) in [6.45, 7) is 1.11. The van der Waals surface area contributed by atoms with E-state index < -0.39 is 0 Å². The number of methoxy groups -OCH3 is 1. The lowest BCUT2D eigenvalue weighted by Gasteiger charge is -2.25. The number of ether oxygens (including phenoxy) is 1. The Kier molecular flexibility index (Phi) is 5.69. The molecule has 1 aliphatic carbocycles. The Bertz CT molecular complexity index is 302. The molecule has 0 aliphatic heterocycles. The average molecular weight is 240 g/mol. The molecule has 5 nitrogen and oxygen atoms in total. The predicted molar refractivity (Wildman–Crippen MR) is 64.1 cm³/mol. The van der Waals surface area contributed by atoms with Crippen LogP contribution in [0.5, 0.6) is 0 Å². The normalized spacial score (nSPS) is 23.2. The van der Waals surface area contributed by atoms with Crippen LogP contribution in [0.15, 0.2) is 12.2 Å². The number of carbonyl (C=O) groups excluding carboxylic acids is 2. The van der Waals surface area contributed by atoms with Crippen LogP contribution in [0, 0.1) is 11.8 Å². The summed E-state index contributed by atoms with van der Waals surface area (Å²) in [6.07, 6.45) is 5.77. The standard InChI is InChI=1S/C12H20N2O3/c1-17-12(16)10-6-3-2-5-9(10)11(15)14-8-4-7-13/h2-3,9-10H,4-8,13H2,1H3,(H,14,15)/t9-,10+/m0/s1. The van der Waals surface area contributed by atoms with Gasteiger partial charge in [0.25, 0.3) is 0 Å². The Balaban J connectivity index is 2.56. The van der Waals surface area contributed by atoms with Gasteiger partial charge >= 0.3 is 5.97 Å². The van der Waals surface area contributed by atoms with Crippen LogP contribution in [0.2, 0.25) is 0 Å². The Morgan fingerprint density at radius 2 is 2.00 bits per heavy atom. The Morgan fingerprint density at radius 1 is 1.35 bits per heavy atom. The molecule has 1 amide bonds. The maximum atomic E-state index is 11.9. The number of esters is 1. The highest BCUT2D eigenvalue weighted by Gasteiger charge is 2.34. The largest absolute Gasteiger partial charge is 0.469 e. The number of hydrogen-bond donors (Lipinski definition) is 2. The molecule has 1 rings (SSSR count). The summed E-state index contributed by atoms with van der Waals surface area (Å²) in [7, 11) is 1.35. The van der Waals surface area contributed by atoms with Crippen molar-refractivity contribution in [2.24, 2.45) is 17.6 Å². The Morgan fingerprint density at radius 3 is 2.59 bits per heavy atom. The van der Waals surface area contributed by atoms with Crippen molar-refractivity contribution >= 4 is 11.9 Å². The van der Waals surface area contributed by atoms with Crippen molar-refractivity contribution < 1.29 is 14.3 Å². The van der Waals surface area contributed by atoms with Gasteiger partial charge in [0.05, 0.1) is 18.9 Å². The fourth-order valence-electron chi connectivity index (χ4n) is 1.96. The molecule has 0 fully saturated rings. The third-order valence-corrected chi connectivity index (χ3v) is 2.95. The first-order valence-electron chi connectivity index (χ1n) is 5.91. The van der Waals surface area contributed by atoms with Gasteiger partial charge < -0.3 is 15.8 Å². The zero-order valence-corrected chi connectivity index (χ0v) is 10.1. The molecule has 2 atom stereocenters. The number of amides is 1. The van der Waals surface area contributed by atoms with Gasteiger partial charge in [-0.2, -0.15) is 0 Å². The second-order valence-corrected chi connectivity index (χ2v) is 4.11. The molecule has 96 valence electrons. The third-order valence-electron chi connectivity index (χ3n) is 2.95. The van der Waals surface area contributed by atoms with Gasteiger partial charge in [-0.25, -0.2) is 0 Å². The highest BCUT2D eigenvalue weighted by Crippen LogP contribution is 2.26. The Labute approximate surface area is 101 Å². The van der Waals surface area contributed by atoms with E-state index in [0.717, 1.165) is 6.42 Å². The molecule has 0 saturated carbocycles. The molecule has 0 aromatic carbocycles. The van der Waals surface area contributed by atoms with Crippen LogP contribution in [0.3, 0.4) is 0 Å². The van der Waals surface area contributed by atoms with Crippen LogP contribution in [-0.2, 0) is 14.3 Å². The molecule has 0 saturated heterocycles. The molecule has 0 radical (unpaired) electrons. The predicted octanol–water partition coefficient (Wildman–Crippen LogP) is 0.207. The Hall–Kier alpha value is -1.36. The van der Waals surface area contributed by atoms with Crippen LogP contribution in [0.1, 0.15) is 19.3 Å². The highest BCUT2D eigenvalue weighted by atomic mass is 16.5. The van der Waals surface area contributed by atoms with E-state index in [4.69, 9.17) is 10.5 Å². The minimum absolute atomic E-state index is 0.0850. The van der Waals surface area contributed by atoms with Gasteiger partial charge in [-0.3, -0.25) is 9.59 Å². The maximum Gasteiger partial charge on any atom is 0.309 e. The number of rotatable bonds is 5. The first-order valence-corrected chi connectivity index (χ1v) is 5.91. The van der Waals surface area contributed by atoms with E-state index in [0.29, 0.717) is 25.9 Å². The fourth-order valence-corrected chi connectivity index (χ4v) is 1.96. The first kappa shape index (κ1) is 13.7. The number of nitrogens with two attached hydrogens (primary N) is 1. The highest BCUT2D eigenvalue weighted by molar-refractivity contribution is 5.85. The monoisotopic (exact) mass is 240 g/mol. The molecule has 0 unspecified atom stereocenters. The molecule has 0 aromatic rings. The van der Waals surface area contributed by atoms with Crippen LogP contribution < -0.4 is 11.1 Å². The molecule has 0 heterocycles. The molecule has 0 spiro atoms. The van der Waals surface area contributed by atoms with E-state index in [-0.39, 0.29) is 23.7 Å². The second-order valence-electron chi connectivity index (χ2n) is 4.11. The number of hydrogen-bond acceptors (Lipinski definition) is 4. The summed E-state index contributed by atoms with van der Waals surface area (Å²) in [5.41, 5.74) is 5.35. The lowest BCUT2D eigenvalue weighted by atomic mass is 9.82. The summed E-state index contributed by atoms with van der Waals surface area (Å²) in [4.78, 5) is 23.5. The van der Waals surface area contributed by atoms with Gasteiger partial charge in [-0.05, 0) is 25.8 Å². The summed E-state index contributed by atoms with van der Waals surface area (Å²) < 4.78 is 4.72. The van der Waals surface area contributed by atoms with Crippen LogP contribution in [-0.4, -0.2) is 32.1 Å². The number of nitrogens with one attached hydrogen (secondary N) is 1. The van der Waals surface area contributed by atoms with Gasteiger partial charge in [0.2, 0.25) is 5.91 Å². The third kappa shape index (κ3) is 3.85. The number of carbonyl (C=O) groups is 2. The molecule has 3 N–H and O–H groups in total. The fraction of sp³-hybridized carbons (Fsp3) is 0.667. The molecular weight excluding hydrogens is 220 g/mol. The van der Waals surface area contributed by atoms with Crippen molar-refractivity contribution in [2.75, 3.05) is 20.2 Å². The van der Waals surface area contributed by atoms with E-state index in [1.54, 1.807) is 0 Å². The quantitative estimate of drug-likeness (QED) is 0.409. The van der Waals surface area contributed by atoms with Gasteiger partial charge in [0, 0.05) is 6.54 Å². The maximum absolute atomic E-state index is 11.9. The van der Waals surface area contributed by atoms with Crippen molar-refractivity contribution in [3.63, 3.8) is 0 Å². The molecular formula is C12H20N2O3.